The van der Waals surface area contributed by atoms with Gasteiger partial charge < -0.3 is 0 Å². The molecule has 0 radical (unpaired) electrons. The number of hydrogen-bond donors (Lipinski definition) is 0. The molecule has 0 aliphatic carbocycles. The van der Waals surface area contributed by atoms with Crippen LogP contribution in [0.15, 0.2) is 99.6 Å². The van der Waals surface area contributed by atoms with Crippen LogP contribution in [0.5, 0.6) is 0 Å². The first-order valence-corrected chi connectivity index (χ1v) is 12.0. The van der Waals surface area contributed by atoms with Crippen LogP contribution in [0.2, 0.25) is 0 Å². The second kappa shape index (κ2) is 6.60. The van der Waals surface area contributed by atoms with Crippen molar-refractivity contribution < 1.29 is 13.2 Å². The SMILES string of the molecule is O=C(CN1c2cccc3cccc(c23)S1(=O)=O)N1c2ccccc2Sc2ccccc21. The molecule has 2 aliphatic heterocycles. The molecule has 0 saturated carbocycles. The Morgan fingerprint density at radius 2 is 1.32 bits per heavy atom. The van der Waals surface area contributed by atoms with E-state index in [2.05, 4.69) is 0 Å². The highest BCUT2D eigenvalue weighted by molar-refractivity contribution is 7.99. The fourth-order valence-corrected chi connectivity index (χ4v) is 7.01. The summed E-state index contributed by atoms with van der Waals surface area (Å²) in [4.78, 5) is 17.5. The van der Waals surface area contributed by atoms with Gasteiger partial charge in [-0.25, -0.2) is 8.42 Å². The van der Waals surface area contributed by atoms with E-state index in [0.29, 0.717) is 11.1 Å². The third-order valence-corrected chi connectivity index (χ3v) is 8.57. The van der Waals surface area contributed by atoms with Crippen LogP contribution in [0.25, 0.3) is 10.8 Å². The lowest BCUT2D eigenvalue weighted by Gasteiger charge is -2.32. The quantitative estimate of drug-likeness (QED) is 0.428. The van der Waals surface area contributed by atoms with E-state index in [1.807, 2.05) is 66.7 Å². The number of carbonyl (C=O) groups is 1. The van der Waals surface area contributed by atoms with E-state index in [-0.39, 0.29) is 17.3 Å². The minimum Gasteiger partial charge on any atom is -0.277 e. The van der Waals surface area contributed by atoms with Gasteiger partial charge in [-0.3, -0.25) is 14.0 Å². The summed E-state index contributed by atoms with van der Waals surface area (Å²) >= 11 is 1.61. The lowest BCUT2D eigenvalue weighted by molar-refractivity contribution is -0.116. The Kier molecular flexibility index (Phi) is 3.94. The summed E-state index contributed by atoms with van der Waals surface area (Å²) in [6.07, 6.45) is 0. The fraction of sp³-hybridized carbons (Fsp3) is 0.0417. The van der Waals surface area contributed by atoms with Crippen LogP contribution >= 0.6 is 11.8 Å². The van der Waals surface area contributed by atoms with Crippen molar-refractivity contribution in [2.24, 2.45) is 0 Å². The van der Waals surface area contributed by atoms with E-state index in [1.54, 1.807) is 34.9 Å². The van der Waals surface area contributed by atoms with Crippen molar-refractivity contribution in [2.75, 3.05) is 15.7 Å². The van der Waals surface area contributed by atoms with Crippen LogP contribution in [-0.4, -0.2) is 20.9 Å². The molecule has 152 valence electrons. The number of rotatable bonds is 2. The maximum atomic E-state index is 13.6. The van der Waals surface area contributed by atoms with Crippen molar-refractivity contribution in [3.63, 3.8) is 0 Å². The Morgan fingerprint density at radius 1 is 0.742 bits per heavy atom. The molecule has 4 aromatic rings. The molecule has 0 atom stereocenters. The van der Waals surface area contributed by atoms with E-state index in [1.165, 1.54) is 4.31 Å². The zero-order valence-electron chi connectivity index (χ0n) is 16.2. The van der Waals surface area contributed by atoms with Crippen molar-refractivity contribution in [2.45, 2.75) is 14.7 Å². The number of para-hydroxylation sites is 2. The van der Waals surface area contributed by atoms with Gasteiger partial charge in [-0.2, -0.15) is 0 Å². The summed E-state index contributed by atoms with van der Waals surface area (Å²) in [7, 11) is -3.81. The van der Waals surface area contributed by atoms with Crippen molar-refractivity contribution in [1.82, 2.24) is 0 Å². The van der Waals surface area contributed by atoms with Crippen molar-refractivity contribution >= 4 is 55.5 Å². The summed E-state index contributed by atoms with van der Waals surface area (Å²) in [5, 5.41) is 1.52. The highest BCUT2D eigenvalue weighted by atomic mass is 32.2. The predicted octanol–water partition coefficient (Wildman–Crippen LogP) is 5.18. The largest absolute Gasteiger partial charge is 0.277 e. The van der Waals surface area contributed by atoms with Gasteiger partial charge in [-0.1, -0.05) is 60.3 Å². The molecule has 0 N–H and O–H groups in total. The van der Waals surface area contributed by atoms with Crippen LogP contribution in [0.1, 0.15) is 0 Å². The number of fused-ring (bicyclic) bond motifs is 2. The molecular formula is C24H16N2O3S2. The lowest BCUT2D eigenvalue weighted by atomic mass is 10.1. The molecule has 5 nitrogen and oxygen atoms in total. The summed E-state index contributed by atoms with van der Waals surface area (Å²) in [6, 6.07) is 26.1. The molecule has 0 aromatic heterocycles. The molecule has 7 heteroatoms. The zero-order valence-corrected chi connectivity index (χ0v) is 17.9. The summed E-state index contributed by atoms with van der Waals surface area (Å²) in [6.45, 7) is -0.274. The topological polar surface area (TPSA) is 57.7 Å². The number of benzene rings is 4. The molecule has 2 heterocycles. The number of sulfonamides is 1. The van der Waals surface area contributed by atoms with Gasteiger partial charge in [0.05, 0.1) is 22.0 Å². The molecular weight excluding hydrogens is 428 g/mol. The third-order valence-electron chi connectivity index (χ3n) is 5.64. The number of nitrogens with zero attached hydrogens (tertiary/aromatic N) is 2. The van der Waals surface area contributed by atoms with Crippen LogP contribution in [-0.2, 0) is 14.8 Å². The average molecular weight is 445 g/mol. The Morgan fingerprint density at radius 3 is 2.00 bits per heavy atom. The molecule has 0 spiro atoms. The fourth-order valence-electron chi connectivity index (χ4n) is 4.30. The van der Waals surface area contributed by atoms with Crippen LogP contribution < -0.4 is 9.21 Å². The van der Waals surface area contributed by atoms with Gasteiger partial charge in [0.25, 0.3) is 15.9 Å². The molecule has 31 heavy (non-hydrogen) atoms. The first kappa shape index (κ1) is 18.5. The van der Waals surface area contributed by atoms with Crippen LogP contribution in [0, 0.1) is 0 Å². The zero-order chi connectivity index (χ0) is 21.2. The minimum atomic E-state index is -3.81. The van der Waals surface area contributed by atoms with Gasteiger partial charge in [0, 0.05) is 15.2 Å². The van der Waals surface area contributed by atoms with Crippen molar-refractivity contribution in [3.8, 4) is 0 Å². The molecule has 0 saturated heterocycles. The minimum absolute atomic E-state index is 0.253. The van der Waals surface area contributed by atoms with Gasteiger partial charge in [0.2, 0.25) is 0 Å². The Bertz CT molecular complexity index is 1450. The van der Waals surface area contributed by atoms with Gasteiger partial charge in [0.15, 0.2) is 0 Å². The molecule has 4 aromatic carbocycles. The van der Waals surface area contributed by atoms with Crippen LogP contribution in [0.3, 0.4) is 0 Å². The van der Waals surface area contributed by atoms with E-state index < -0.39 is 10.0 Å². The molecule has 0 unspecified atom stereocenters. The predicted molar refractivity (Wildman–Crippen MR) is 123 cm³/mol. The Hall–Kier alpha value is -3.29. The van der Waals surface area contributed by atoms with Gasteiger partial charge >= 0.3 is 0 Å². The molecule has 2 aliphatic rings. The van der Waals surface area contributed by atoms with Gasteiger partial charge in [-0.05, 0) is 41.8 Å². The standard InChI is InChI=1S/C24H16N2O3S2/c27-23(26-17-9-1-3-12-20(17)30-21-13-4-2-10-18(21)26)15-25-19-11-5-7-16-8-6-14-22(24(16)19)31(25,28)29/h1-14H,15H2. The molecule has 6 rings (SSSR count). The van der Waals surface area contributed by atoms with Crippen molar-refractivity contribution in [1.29, 1.82) is 0 Å². The first-order valence-electron chi connectivity index (χ1n) is 9.79. The summed E-state index contributed by atoms with van der Waals surface area (Å²) < 4.78 is 27.9. The van der Waals surface area contributed by atoms with E-state index in [0.717, 1.165) is 26.6 Å². The highest BCUT2D eigenvalue weighted by Crippen LogP contribution is 2.48. The third kappa shape index (κ3) is 2.63. The first-order chi connectivity index (χ1) is 15.1. The number of carbonyl (C=O) groups excluding carboxylic acids is 1. The summed E-state index contributed by atoms with van der Waals surface area (Å²) in [5.41, 5.74) is 2.08. The molecule has 0 bridgehead atoms. The van der Waals surface area contributed by atoms with E-state index in [4.69, 9.17) is 0 Å². The smallest absolute Gasteiger partial charge is 0.265 e. The van der Waals surface area contributed by atoms with E-state index >= 15 is 0 Å². The van der Waals surface area contributed by atoms with E-state index in [9.17, 15) is 13.2 Å². The number of amides is 1. The van der Waals surface area contributed by atoms with Gasteiger partial charge in [-0.15, -0.1) is 0 Å². The Balaban J connectivity index is 1.46. The Labute approximate surface area is 184 Å². The maximum Gasteiger partial charge on any atom is 0.265 e. The number of hydrogen-bond acceptors (Lipinski definition) is 4. The summed E-state index contributed by atoms with van der Waals surface area (Å²) in [5.74, 6) is -0.298. The monoisotopic (exact) mass is 444 g/mol. The molecule has 1 amide bonds. The lowest BCUT2D eigenvalue weighted by Crippen LogP contribution is -2.40. The van der Waals surface area contributed by atoms with Crippen LogP contribution in [0.4, 0.5) is 17.1 Å². The second-order valence-corrected chi connectivity index (χ2v) is 10.3. The normalized spacial score (nSPS) is 15.6. The average Bonchev–Trinajstić information content (AvgIpc) is 3.00. The van der Waals surface area contributed by atoms with Gasteiger partial charge in [0.1, 0.15) is 6.54 Å². The van der Waals surface area contributed by atoms with Crippen molar-refractivity contribution in [3.05, 3.63) is 84.9 Å². The highest BCUT2D eigenvalue weighted by Gasteiger charge is 2.38. The number of anilines is 3. The second-order valence-electron chi connectivity index (χ2n) is 7.41. The molecule has 0 fully saturated rings. The maximum absolute atomic E-state index is 13.6.